The molecule has 1 fully saturated rings. The number of nitrogens with one attached hydrogen (secondary N) is 1. The second kappa shape index (κ2) is 11.6. The molecule has 3 aromatic carbocycles. The van der Waals surface area contributed by atoms with Crippen LogP contribution in [0.15, 0.2) is 66.7 Å². The summed E-state index contributed by atoms with van der Waals surface area (Å²) in [6.45, 7) is 12.8. The average molecular weight is 541 g/mol. The lowest BCUT2D eigenvalue weighted by Crippen LogP contribution is -2.38. The SMILES string of the molecule is Cc1cccc(-n2nc(C(C)(C)C)cc2NC(=O)C(=O)c2ccc(OCCN3CCOCC3)c3ccccc23)c1. The van der Waals surface area contributed by atoms with Gasteiger partial charge < -0.3 is 14.8 Å². The number of carbonyl (C=O) groups excluding carboxylic acids is 2. The summed E-state index contributed by atoms with van der Waals surface area (Å²) < 4.78 is 13.2. The highest BCUT2D eigenvalue weighted by Gasteiger charge is 2.25. The van der Waals surface area contributed by atoms with Crippen LogP contribution in [0.4, 0.5) is 5.82 Å². The van der Waals surface area contributed by atoms with Gasteiger partial charge in [0.25, 0.3) is 11.7 Å². The Balaban J connectivity index is 1.38. The van der Waals surface area contributed by atoms with Gasteiger partial charge in [-0.3, -0.25) is 14.5 Å². The van der Waals surface area contributed by atoms with Gasteiger partial charge >= 0.3 is 0 Å². The van der Waals surface area contributed by atoms with Crippen LogP contribution < -0.4 is 10.1 Å². The lowest BCUT2D eigenvalue weighted by molar-refractivity contribution is -0.112. The molecule has 40 heavy (non-hydrogen) atoms. The number of hydrogen-bond donors (Lipinski definition) is 1. The van der Waals surface area contributed by atoms with E-state index in [4.69, 9.17) is 14.6 Å². The summed E-state index contributed by atoms with van der Waals surface area (Å²) in [4.78, 5) is 29.2. The smallest absolute Gasteiger partial charge is 0.297 e. The van der Waals surface area contributed by atoms with E-state index in [1.54, 1.807) is 16.8 Å². The van der Waals surface area contributed by atoms with Crippen LogP contribution in [-0.2, 0) is 14.9 Å². The third kappa shape index (κ3) is 6.08. The maximum atomic E-state index is 13.5. The van der Waals surface area contributed by atoms with Crippen LogP contribution in [0.3, 0.4) is 0 Å². The van der Waals surface area contributed by atoms with E-state index in [1.165, 1.54) is 0 Å². The van der Waals surface area contributed by atoms with Gasteiger partial charge in [-0.2, -0.15) is 5.10 Å². The predicted molar refractivity (Wildman–Crippen MR) is 157 cm³/mol. The minimum Gasteiger partial charge on any atom is -0.492 e. The summed E-state index contributed by atoms with van der Waals surface area (Å²) in [6, 6.07) is 20.7. The first-order valence-electron chi connectivity index (χ1n) is 13.7. The maximum Gasteiger partial charge on any atom is 0.297 e. The van der Waals surface area contributed by atoms with Gasteiger partial charge in [-0.1, -0.05) is 57.2 Å². The third-order valence-corrected chi connectivity index (χ3v) is 7.07. The van der Waals surface area contributed by atoms with Gasteiger partial charge in [0, 0.05) is 42.1 Å². The number of morpholine rings is 1. The standard InChI is InChI=1S/C32H36N4O4/c1-22-8-7-9-23(20-22)36-29(21-28(34-36)32(2,3)4)33-31(38)30(37)26-12-13-27(25-11-6-5-10-24(25)26)40-19-16-35-14-17-39-18-15-35/h5-13,20-21H,14-19H2,1-4H3,(H,33,38). The molecule has 0 spiro atoms. The number of hydrogen-bond acceptors (Lipinski definition) is 6. The molecule has 0 radical (unpaired) electrons. The highest BCUT2D eigenvalue weighted by molar-refractivity contribution is 6.48. The summed E-state index contributed by atoms with van der Waals surface area (Å²) in [5, 5.41) is 9.07. The summed E-state index contributed by atoms with van der Waals surface area (Å²) in [5.41, 5.74) is 2.76. The van der Waals surface area contributed by atoms with Crippen molar-refractivity contribution in [3.8, 4) is 11.4 Å². The number of amides is 1. The molecule has 1 aromatic heterocycles. The minimum atomic E-state index is -0.722. The molecular formula is C32H36N4O4. The van der Waals surface area contributed by atoms with Crippen LogP contribution in [0.25, 0.3) is 16.5 Å². The monoisotopic (exact) mass is 540 g/mol. The van der Waals surface area contributed by atoms with Crippen LogP contribution in [0.1, 0.15) is 42.4 Å². The van der Waals surface area contributed by atoms with Gasteiger partial charge in [0.05, 0.1) is 24.6 Å². The molecule has 0 aliphatic carbocycles. The lowest BCUT2D eigenvalue weighted by Gasteiger charge is -2.26. The van der Waals surface area contributed by atoms with Crippen molar-refractivity contribution >= 4 is 28.3 Å². The Labute approximate surface area is 234 Å². The van der Waals surface area contributed by atoms with E-state index in [1.807, 2.05) is 61.5 Å². The number of anilines is 1. The zero-order chi connectivity index (χ0) is 28.3. The molecule has 1 aliphatic rings. The van der Waals surface area contributed by atoms with Gasteiger partial charge in [0.1, 0.15) is 18.2 Å². The van der Waals surface area contributed by atoms with E-state index in [-0.39, 0.29) is 5.41 Å². The summed E-state index contributed by atoms with van der Waals surface area (Å²) in [5.74, 6) is -0.208. The highest BCUT2D eigenvalue weighted by Crippen LogP contribution is 2.30. The number of nitrogens with zero attached hydrogens (tertiary/aromatic N) is 3. The van der Waals surface area contributed by atoms with Crippen molar-refractivity contribution in [3.05, 3.63) is 83.6 Å². The molecule has 208 valence electrons. The molecule has 5 rings (SSSR count). The van der Waals surface area contributed by atoms with Crippen LogP contribution in [0.2, 0.25) is 0 Å². The van der Waals surface area contributed by atoms with Crippen molar-refractivity contribution in [2.75, 3.05) is 44.8 Å². The second-order valence-corrected chi connectivity index (χ2v) is 11.2. The Hall–Kier alpha value is -4.01. The quantitative estimate of drug-likeness (QED) is 0.245. The van der Waals surface area contributed by atoms with E-state index in [9.17, 15) is 9.59 Å². The number of benzene rings is 3. The molecule has 2 heterocycles. The number of aryl methyl sites for hydroxylation is 1. The number of rotatable bonds is 8. The first kappa shape index (κ1) is 27.6. The van der Waals surface area contributed by atoms with Crippen molar-refractivity contribution < 1.29 is 19.1 Å². The van der Waals surface area contributed by atoms with E-state index in [2.05, 4.69) is 31.0 Å². The van der Waals surface area contributed by atoms with Gasteiger partial charge in [0.2, 0.25) is 0 Å². The van der Waals surface area contributed by atoms with Crippen LogP contribution in [0, 0.1) is 6.92 Å². The molecule has 1 N–H and O–H groups in total. The zero-order valence-corrected chi connectivity index (χ0v) is 23.6. The number of carbonyl (C=O) groups is 2. The molecule has 1 amide bonds. The fourth-order valence-electron chi connectivity index (χ4n) is 4.79. The van der Waals surface area contributed by atoms with Crippen molar-refractivity contribution in [1.29, 1.82) is 0 Å². The van der Waals surface area contributed by atoms with E-state index >= 15 is 0 Å². The van der Waals surface area contributed by atoms with Gasteiger partial charge in [0.15, 0.2) is 0 Å². The van der Waals surface area contributed by atoms with Crippen LogP contribution >= 0.6 is 0 Å². The third-order valence-electron chi connectivity index (χ3n) is 7.07. The van der Waals surface area contributed by atoms with Gasteiger partial charge in [-0.15, -0.1) is 0 Å². The highest BCUT2D eigenvalue weighted by atomic mass is 16.5. The molecule has 1 saturated heterocycles. The van der Waals surface area contributed by atoms with Gasteiger partial charge in [-0.25, -0.2) is 4.68 Å². The van der Waals surface area contributed by atoms with E-state index in [0.717, 1.165) is 55.2 Å². The molecule has 0 saturated carbocycles. The minimum absolute atomic E-state index is 0.244. The molecule has 0 atom stereocenters. The van der Waals surface area contributed by atoms with Gasteiger partial charge in [-0.05, 0) is 42.1 Å². The van der Waals surface area contributed by atoms with Crippen molar-refractivity contribution in [2.45, 2.75) is 33.1 Å². The Bertz CT molecular complexity index is 1530. The molecular weight excluding hydrogens is 504 g/mol. The normalized spacial score (nSPS) is 14.3. The molecule has 8 nitrogen and oxygen atoms in total. The molecule has 4 aromatic rings. The summed E-state index contributed by atoms with van der Waals surface area (Å²) in [7, 11) is 0. The number of ether oxygens (including phenoxy) is 2. The molecule has 0 bridgehead atoms. The fourth-order valence-corrected chi connectivity index (χ4v) is 4.79. The van der Waals surface area contributed by atoms with E-state index < -0.39 is 11.7 Å². The van der Waals surface area contributed by atoms with Crippen molar-refractivity contribution in [2.24, 2.45) is 0 Å². The summed E-state index contributed by atoms with van der Waals surface area (Å²) in [6.07, 6.45) is 0. The Morgan fingerprint density at radius 2 is 1.73 bits per heavy atom. The lowest BCUT2D eigenvalue weighted by atomic mass is 9.92. The predicted octanol–water partition coefficient (Wildman–Crippen LogP) is 5.16. The average Bonchev–Trinajstić information content (AvgIpc) is 3.38. The maximum absolute atomic E-state index is 13.5. The zero-order valence-electron chi connectivity index (χ0n) is 23.6. The first-order valence-corrected chi connectivity index (χ1v) is 13.7. The van der Waals surface area contributed by atoms with Crippen molar-refractivity contribution in [1.82, 2.24) is 14.7 Å². The number of ketones is 1. The second-order valence-electron chi connectivity index (χ2n) is 11.2. The first-order chi connectivity index (χ1) is 19.2. The van der Waals surface area contributed by atoms with Crippen LogP contribution in [-0.4, -0.2) is 65.8 Å². The molecule has 0 unspecified atom stereocenters. The molecule has 8 heteroatoms. The Kier molecular flexibility index (Phi) is 8.00. The molecule has 1 aliphatic heterocycles. The van der Waals surface area contributed by atoms with Crippen molar-refractivity contribution in [3.63, 3.8) is 0 Å². The van der Waals surface area contributed by atoms with E-state index in [0.29, 0.717) is 29.1 Å². The Morgan fingerprint density at radius 3 is 2.45 bits per heavy atom. The topological polar surface area (TPSA) is 85.7 Å². The Morgan fingerprint density at radius 1 is 0.975 bits per heavy atom. The number of Topliss-reactive ketones (excluding diaryl/α,β-unsaturated/α-hetero) is 1. The van der Waals surface area contributed by atoms with Crippen LogP contribution in [0.5, 0.6) is 5.75 Å². The number of aromatic nitrogens is 2. The largest absolute Gasteiger partial charge is 0.492 e. The summed E-state index contributed by atoms with van der Waals surface area (Å²) >= 11 is 0. The fraction of sp³-hybridized carbons (Fsp3) is 0.344. The number of fused-ring (bicyclic) bond motifs is 1.